The van der Waals surface area contributed by atoms with E-state index >= 15 is 0 Å². The first-order valence-corrected chi connectivity index (χ1v) is 7.33. The van der Waals surface area contributed by atoms with E-state index in [4.69, 9.17) is 5.73 Å². The van der Waals surface area contributed by atoms with E-state index in [1.54, 1.807) is 17.7 Å². The summed E-state index contributed by atoms with van der Waals surface area (Å²) in [4.78, 5) is 23.0. The molecule has 6 heteroatoms. The molecule has 0 saturated carbocycles. The standard InChI is InChI=1S/C13H16N4OS/c14-11(18)6-9-2-1-4-17(7-9)12-10-3-5-19-13(10)16-8-15-12/h3,5,8-9H,1-2,4,6-7H2,(H2,14,18). The van der Waals surface area contributed by atoms with Gasteiger partial charge >= 0.3 is 0 Å². The number of nitrogens with two attached hydrogens (primary N) is 1. The molecule has 0 aliphatic carbocycles. The van der Waals surface area contributed by atoms with Crippen molar-refractivity contribution in [2.75, 3.05) is 18.0 Å². The van der Waals surface area contributed by atoms with Gasteiger partial charge in [-0.25, -0.2) is 9.97 Å². The fourth-order valence-corrected chi connectivity index (χ4v) is 3.46. The number of piperidine rings is 1. The van der Waals surface area contributed by atoms with Gasteiger partial charge in [0.05, 0.1) is 5.39 Å². The predicted octanol–water partition coefficient (Wildman–Crippen LogP) is 1.78. The lowest BCUT2D eigenvalue weighted by Gasteiger charge is -2.33. The van der Waals surface area contributed by atoms with Gasteiger partial charge < -0.3 is 10.6 Å². The van der Waals surface area contributed by atoms with Crippen LogP contribution in [0.15, 0.2) is 17.8 Å². The van der Waals surface area contributed by atoms with Crippen LogP contribution >= 0.6 is 11.3 Å². The molecule has 0 bridgehead atoms. The summed E-state index contributed by atoms with van der Waals surface area (Å²) in [5.74, 6) is 1.12. The van der Waals surface area contributed by atoms with Gasteiger partial charge in [-0.2, -0.15) is 0 Å². The summed E-state index contributed by atoms with van der Waals surface area (Å²) in [5.41, 5.74) is 5.30. The summed E-state index contributed by atoms with van der Waals surface area (Å²) < 4.78 is 0. The zero-order valence-corrected chi connectivity index (χ0v) is 11.4. The zero-order chi connectivity index (χ0) is 13.2. The molecule has 0 spiro atoms. The molecule has 2 aromatic heterocycles. The lowest BCUT2D eigenvalue weighted by molar-refractivity contribution is -0.118. The van der Waals surface area contributed by atoms with E-state index in [1.165, 1.54) is 0 Å². The van der Waals surface area contributed by atoms with Crippen LogP contribution in [-0.4, -0.2) is 29.0 Å². The highest BCUT2D eigenvalue weighted by Gasteiger charge is 2.23. The highest BCUT2D eigenvalue weighted by Crippen LogP contribution is 2.30. The quantitative estimate of drug-likeness (QED) is 0.927. The topological polar surface area (TPSA) is 72.1 Å². The normalized spacial score (nSPS) is 19.8. The molecule has 1 unspecified atom stereocenters. The third-order valence-corrected chi connectivity index (χ3v) is 4.37. The molecule has 1 aliphatic heterocycles. The van der Waals surface area contributed by atoms with Crippen LogP contribution in [0.1, 0.15) is 19.3 Å². The number of primary amides is 1. The summed E-state index contributed by atoms with van der Waals surface area (Å²) >= 11 is 1.63. The van der Waals surface area contributed by atoms with Crippen molar-refractivity contribution in [1.82, 2.24) is 9.97 Å². The average molecular weight is 276 g/mol. The molecule has 2 N–H and O–H groups in total. The average Bonchev–Trinajstić information content (AvgIpc) is 2.86. The number of carbonyl (C=O) groups is 1. The van der Waals surface area contributed by atoms with Crippen LogP contribution in [0.25, 0.3) is 10.2 Å². The van der Waals surface area contributed by atoms with Gasteiger partial charge in [-0.05, 0) is 30.2 Å². The van der Waals surface area contributed by atoms with Crippen LogP contribution in [0.3, 0.4) is 0 Å². The molecule has 1 amide bonds. The molecule has 1 aliphatic rings. The van der Waals surface area contributed by atoms with E-state index in [-0.39, 0.29) is 5.91 Å². The van der Waals surface area contributed by atoms with Gasteiger partial charge in [0.1, 0.15) is 17.0 Å². The Kier molecular flexibility index (Phi) is 3.33. The van der Waals surface area contributed by atoms with E-state index in [2.05, 4.69) is 20.9 Å². The molecule has 3 rings (SSSR count). The first-order chi connectivity index (χ1) is 9.24. The molecule has 0 radical (unpaired) electrons. The van der Waals surface area contributed by atoms with E-state index in [0.717, 1.165) is 42.0 Å². The molecular weight excluding hydrogens is 260 g/mol. The van der Waals surface area contributed by atoms with Crippen LogP contribution in [0.4, 0.5) is 5.82 Å². The summed E-state index contributed by atoms with van der Waals surface area (Å²) in [6.45, 7) is 1.84. The minimum atomic E-state index is -0.213. The third kappa shape index (κ3) is 2.53. The summed E-state index contributed by atoms with van der Waals surface area (Å²) in [6, 6.07) is 2.06. The van der Waals surface area contributed by atoms with Gasteiger partial charge in [-0.1, -0.05) is 0 Å². The zero-order valence-electron chi connectivity index (χ0n) is 10.6. The van der Waals surface area contributed by atoms with Crippen molar-refractivity contribution in [2.45, 2.75) is 19.3 Å². The number of hydrogen-bond donors (Lipinski definition) is 1. The first-order valence-electron chi connectivity index (χ1n) is 6.45. The molecule has 1 saturated heterocycles. The molecule has 3 heterocycles. The van der Waals surface area contributed by atoms with Crippen LogP contribution in [0, 0.1) is 5.92 Å². The van der Waals surface area contributed by atoms with Crippen molar-refractivity contribution in [3.05, 3.63) is 17.8 Å². The van der Waals surface area contributed by atoms with E-state index in [9.17, 15) is 4.79 Å². The van der Waals surface area contributed by atoms with Crippen molar-refractivity contribution in [2.24, 2.45) is 11.7 Å². The van der Waals surface area contributed by atoms with Crippen LogP contribution in [0.5, 0.6) is 0 Å². The van der Waals surface area contributed by atoms with Crippen LogP contribution in [-0.2, 0) is 4.79 Å². The highest BCUT2D eigenvalue weighted by atomic mass is 32.1. The van der Waals surface area contributed by atoms with Crippen molar-refractivity contribution in [3.8, 4) is 0 Å². The van der Waals surface area contributed by atoms with Gasteiger partial charge in [0, 0.05) is 19.5 Å². The lowest BCUT2D eigenvalue weighted by atomic mass is 9.94. The number of amides is 1. The minimum Gasteiger partial charge on any atom is -0.370 e. The molecule has 100 valence electrons. The van der Waals surface area contributed by atoms with Gasteiger partial charge in [0.2, 0.25) is 5.91 Å². The van der Waals surface area contributed by atoms with Crippen molar-refractivity contribution in [3.63, 3.8) is 0 Å². The predicted molar refractivity (Wildman–Crippen MR) is 76.2 cm³/mol. The third-order valence-electron chi connectivity index (χ3n) is 3.55. The number of rotatable bonds is 3. The van der Waals surface area contributed by atoms with Gasteiger partial charge in [-0.3, -0.25) is 4.79 Å². The number of anilines is 1. The Morgan fingerprint density at radius 2 is 2.42 bits per heavy atom. The lowest BCUT2D eigenvalue weighted by Crippen LogP contribution is -2.37. The van der Waals surface area contributed by atoms with E-state index < -0.39 is 0 Å². The first kappa shape index (κ1) is 12.3. The van der Waals surface area contributed by atoms with Crippen molar-refractivity contribution in [1.29, 1.82) is 0 Å². The summed E-state index contributed by atoms with van der Waals surface area (Å²) in [7, 11) is 0. The monoisotopic (exact) mass is 276 g/mol. The Bertz CT molecular complexity index is 597. The molecular formula is C13H16N4OS. The second-order valence-electron chi connectivity index (χ2n) is 4.96. The Balaban J connectivity index is 1.85. The Morgan fingerprint density at radius 3 is 3.26 bits per heavy atom. The van der Waals surface area contributed by atoms with Crippen LogP contribution in [0.2, 0.25) is 0 Å². The number of fused-ring (bicyclic) bond motifs is 1. The maximum absolute atomic E-state index is 11.1. The van der Waals surface area contributed by atoms with Crippen molar-refractivity contribution >= 4 is 33.3 Å². The number of hydrogen-bond acceptors (Lipinski definition) is 5. The highest BCUT2D eigenvalue weighted by molar-refractivity contribution is 7.16. The molecule has 1 atom stereocenters. The molecule has 2 aromatic rings. The van der Waals surface area contributed by atoms with Gasteiger partial charge in [-0.15, -0.1) is 11.3 Å². The molecule has 1 fully saturated rings. The number of nitrogens with zero attached hydrogens (tertiary/aromatic N) is 3. The minimum absolute atomic E-state index is 0.213. The Morgan fingerprint density at radius 1 is 1.53 bits per heavy atom. The number of thiophene rings is 1. The Hall–Kier alpha value is -1.69. The fraction of sp³-hybridized carbons (Fsp3) is 0.462. The summed E-state index contributed by atoms with van der Waals surface area (Å²) in [5, 5.41) is 3.14. The smallest absolute Gasteiger partial charge is 0.217 e. The maximum atomic E-state index is 11.1. The summed E-state index contributed by atoms with van der Waals surface area (Å²) in [6.07, 6.45) is 4.23. The van der Waals surface area contributed by atoms with Gasteiger partial charge in [0.15, 0.2) is 0 Å². The number of aromatic nitrogens is 2. The second kappa shape index (κ2) is 5.13. The van der Waals surface area contributed by atoms with Gasteiger partial charge in [0.25, 0.3) is 0 Å². The number of carbonyl (C=O) groups excluding carboxylic acids is 1. The fourth-order valence-electron chi connectivity index (χ4n) is 2.74. The Labute approximate surface area is 115 Å². The largest absolute Gasteiger partial charge is 0.370 e. The van der Waals surface area contributed by atoms with E-state index in [0.29, 0.717) is 12.3 Å². The molecule has 5 nitrogen and oxygen atoms in total. The SMILES string of the molecule is NC(=O)CC1CCCN(c2ncnc3sccc23)C1. The maximum Gasteiger partial charge on any atom is 0.217 e. The van der Waals surface area contributed by atoms with E-state index in [1.807, 2.05) is 5.38 Å². The molecule has 19 heavy (non-hydrogen) atoms. The van der Waals surface area contributed by atoms with Crippen molar-refractivity contribution < 1.29 is 4.79 Å². The molecule has 0 aromatic carbocycles. The van der Waals surface area contributed by atoms with Crippen LogP contribution < -0.4 is 10.6 Å². The second-order valence-corrected chi connectivity index (χ2v) is 5.86.